The van der Waals surface area contributed by atoms with Gasteiger partial charge in [-0.25, -0.2) is 4.98 Å². The number of rotatable bonds is 14. The molecule has 0 bridgehead atoms. The summed E-state index contributed by atoms with van der Waals surface area (Å²) in [4.78, 5) is 27.8. The second-order valence-electron chi connectivity index (χ2n) is 10.3. The average Bonchev–Trinajstić information content (AvgIpc) is 3.48. The van der Waals surface area contributed by atoms with Crippen LogP contribution in [0, 0.1) is 0 Å². The topological polar surface area (TPSA) is 99.9 Å². The number of nitrogens with two attached hydrogens (primary N) is 1. The summed E-state index contributed by atoms with van der Waals surface area (Å²) in [6.45, 7) is 9.07. The monoisotopic (exact) mass is 538 g/mol. The molecule has 2 aromatic carbocycles. The Bertz CT molecular complexity index is 1350. The molecule has 4 N–H and O–H groups in total. The molecule has 0 aliphatic heterocycles. The van der Waals surface area contributed by atoms with E-state index in [-0.39, 0.29) is 5.91 Å². The van der Waals surface area contributed by atoms with Gasteiger partial charge in [0.05, 0.1) is 12.2 Å². The van der Waals surface area contributed by atoms with Gasteiger partial charge in [0.15, 0.2) is 0 Å². The first-order chi connectivity index (χ1) is 19.5. The number of imidazole rings is 1. The van der Waals surface area contributed by atoms with Crippen LogP contribution in [-0.4, -0.2) is 25.8 Å². The van der Waals surface area contributed by atoms with Crippen LogP contribution in [0.25, 0.3) is 0 Å². The van der Waals surface area contributed by atoms with Gasteiger partial charge in [0.25, 0.3) is 5.91 Å². The normalized spacial score (nSPS) is 11.2. The van der Waals surface area contributed by atoms with Crippen molar-refractivity contribution < 1.29 is 4.79 Å². The summed E-state index contributed by atoms with van der Waals surface area (Å²) in [6, 6.07) is 16.2. The highest BCUT2D eigenvalue weighted by molar-refractivity contribution is 6.04. The molecule has 7 heteroatoms. The maximum atomic E-state index is 13.3. The summed E-state index contributed by atoms with van der Waals surface area (Å²) in [6.07, 6.45) is 10.5. The lowest BCUT2D eigenvalue weighted by Gasteiger charge is -2.21. The largest absolute Gasteiger partial charge is 0.348 e. The van der Waals surface area contributed by atoms with Gasteiger partial charge in [0.2, 0.25) is 0 Å². The molecule has 1 amide bonds. The first kappa shape index (κ1) is 29.2. The van der Waals surface area contributed by atoms with Crippen LogP contribution in [0.4, 0.5) is 5.69 Å². The van der Waals surface area contributed by atoms with E-state index >= 15 is 0 Å². The minimum atomic E-state index is -0.0977. The first-order valence-corrected chi connectivity index (χ1v) is 14.4. The third-order valence-corrected chi connectivity index (χ3v) is 7.23. The number of anilines is 1. The number of carbonyl (C=O) groups excluding carboxylic acids is 1. The van der Waals surface area contributed by atoms with Crippen LogP contribution in [0.3, 0.4) is 0 Å². The molecule has 0 aliphatic rings. The smallest absolute Gasteiger partial charge is 0.255 e. The van der Waals surface area contributed by atoms with Crippen LogP contribution >= 0.6 is 0 Å². The molecule has 2 aromatic heterocycles. The van der Waals surface area contributed by atoms with Gasteiger partial charge in [-0.05, 0) is 71.3 Å². The number of nitrogens with zero attached hydrogens (tertiary/aromatic N) is 3. The number of carbonyl (C=O) groups is 1. The number of amides is 1. The average molecular weight is 539 g/mol. The fourth-order valence-electron chi connectivity index (χ4n) is 5.11. The second kappa shape index (κ2) is 14.5. The second-order valence-corrected chi connectivity index (χ2v) is 10.3. The van der Waals surface area contributed by atoms with E-state index in [0.717, 1.165) is 54.9 Å². The molecule has 7 nitrogen and oxygen atoms in total. The summed E-state index contributed by atoms with van der Waals surface area (Å²) in [5, 5.41) is 3.18. The summed E-state index contributed by atoms with van der Waals surface area (Å²) in [7, 11) is 0. The molecule has 0 saturated heterocycles. The predicted molar refractivity (Wildman–Crippen MR) is 162 cm³/mol. The van der Waals surface area contributed by atoms with E-state index in [1.165, 1.54) is 22.3 Å². The Hall–Kier alpha value is -3.81. The fraction of sp³-hybridized carbons (Fsp3) is 0.364. The van der Waals surface area contributed by atoms with Crippen LogP contribution < -0.4 is 11.1 Å². The van der Waals surface area contributed by atoms with Gasteiger partial charge in [0.1, 0.15) is 5.82 Å². The number of aromatic amines is 1. The van der Waals surface area contributed by atoms with E-state index in [0.29, 0.717) is 31.7 Å². The highest BCUT2D eigenvalue weighted by Gasteiger charge is 2.16. The number of aryl methyl sites for hydroxylation is 1. The molecule has 40 heavy (non-hydrogen) atoms. The molecule has 4 rings (SSSR count). The Balaban J connectivity index is 1.48. The Labute approximate surface area is 238 Å². The van der Waals surface area contributed by atoms with E-state index in [9.17, 15) is 4.79 Å². The number of hydrogen-bond donors (Lipinski definition) is 3. The van der Waals surface area contributed by atoms with Crippen LogP contribution in [0.1, 0.15) is 83.3 Å². The van der Waals surface area contributed by atoms with E-state index in [2.05, 4.69) is 64.1 Å². The molecule has 0 spiro atoms. The molecule has 0 saturated carbocycles. The van der Waals surface area contributed by atoms with E-state index in [1.54, 1.807) is 6.20 Å². The molecule has 0 fully saturated rings. The van der Waals surface area contributed by atoms with Crippen molar-refractivity contribution in [2.45, 2.75) is 79.1 Å². The predicted octanol–water partition coefficient (Wildman–Crippen LogP) is 6.19. The fourth-order valence-corrected chi connectivity index (χ4v) is 5.11. The number of pyridine rings is 1. The standard InChI is InChI=1S/C33H42N6O/c1-4-7-29-27(19-34)14-16-31(30(29)8-5-2)38-33(40)26-12-9-25(10-13-26)21-39(23-32-35-17-18-36-32)22-28-15-11-24(6-3)20-37-28/h9-18,20H,4-8,19,21-23,34H2,1-3H3,(H,35,36)(H,38,40). The van der Waals surface area contributed by atoms with Crippen molar-refractivity contribution in [1.82, 2.24) is 19.9 Å². The third kappa shape index (κ3) is 7.64. The first-order valence-electron chi connectivity index (χ1n) is 14.4. The SMILES string of the molecule is CCCc1c(CN)ccc(NC(=O)c2ccc(CN(Cc3ccc(CC)cn3)Cc3ncc[nH]3)cc2)c1CCC. The highest BCUT2D eigenvalue weighted by Crippen LogP contribution is 2.27. The van der Waals surface area contributed by atoms with Crippen molar-refractivity contribution in [2.75, 3.05) is 5.32 Å². The van der Waals surface area contributed by atoms with Crippen molar-refractivity contribution in [3.63, 3.8) is 0 Å². The number of benzene rings is 2. The Kier molecular flexibility index (Phi) is 10.6. The van der Waals surface area contributed by atoms with Gasteiger partial charge < -0.3 is 16.0 Å². The molecular formula is C33H42N6O. The maximum Gasteiger partial charge on any atom is 0.255 e. The maximum absolute atomic E-state index is 13.3. The molecular weight excluding hydrogens is 496 g/mol. The lowest BCUT2D eigenvalue weighted by atomic mass is 9.92. The summed E-state index contributed by atoms with van der Waals surface area (Å²) in [5.41, 5.74) is 14.6. The van der Waals surface area contributed by atoms with Crippen LogP contribution in [0.5, 0.6) is 0 Å². The zero-order valence-electron chi connectivity index (χ0n) is 24.0. The Morgan fingerprint density at radius 3 is 2.25 bits per heavy atom. The van der Waals surface area contributed by atoms with Gasteiger partial charge in [-0.2, -0.15) is 0 Å². The van der Waals surface area contributed by atoms with E-state index < -0.39 is 0 Å². The number of nitrogens with one attached hydrogen (secondary N) is 2. The van der Waals surface area contributed by atoms with Gasteiger partial charge in [-0.15, -0.1) is 0 Å². The minimum absolute atomic E-state index is 0.0977. The van der Waals surface area contributed by atoms with Crippen molar-refractivity contribution in [3.8, 4) is 0 Å². The quantitative estimate of drug-likeness (QED) is 0.178. The molecule has 0 aliphatic carbocycles. The van der Waals surface area contributed by atoms with Gasteiger partial charge in [-0.1, -0.05) is 57.9 Å². The minimum Gasteiger partial charge on any atom is -0.348 e. The summed E-state index contributed by atoms with van der Waals surface area (Å²) >= 11 is 0. The van der Waals surface area contributed by atoms with Crippen LogP contribution in [-0.2, 0) is 45.4 Å². The molecule has 0 unspecified atom stereocenters. The van der Waals surface area contributed by atoms with Crippen molar-refractivity contribution >= 4 is 11.6 Å². The number of H-pyrrole nitrogens is 1. The molecule has 2 heterocycles. The van der Waals surface area contributed by atoms with Gasteiger partial charge in [-0.3, -0.25) is 14.7 Å². The molecule has 210 valence electrons. The van der Waals surface area contributed by atoms with E-state index in [1.807, 2.05) is 42.7 Å². The van der Waals surface area contributed by atoms with Crippen molar-refractivity contribution in [3.05, 3.63) is 112 Å². The zero-order chi connectivity index (χ0) is 28.3. The van der Waals surface area contributed by atoms with Crippen LogP contribution in [0.2, 0.25) is 0 Å². The zero-order valence-corrected chi connectivity index (χ0v) is 24.0. The third-order valence-electron chi connectivity index (χ3n) is 7.23. The van der Waals surface area contributed by atoms with Crippen molar-refractivity contribution in [1.29, 1.82) is 0 Å². The summed E-state index contributed by atoms with van der Waals surface area (Å²) < 4.78 is 0. The van der Waals surface area contributed by atoms with E-state index in [4.69, 9.17) is 5.73 Å². The highest BCUT2D eigenvalue weighted by atomic mass is 16.1. The Morgan fingerprint density at radius 2 is 1.62 bits per heavy atom. The van der Waals surface area contributed by atoms with Gasteiger partial charge in [0, 0.05) is 49.5 Å². The lowest BCUT2D eigenvalue weighted by molar-refractivity contribution is 0.102. The molecule has 0 radical (unpaired) electrons. The lowest BCUT2D eigenvalue weighted by Crippen LogP contribution is -2.23. The Morgan fingerprint density at radius 1 is 0.875 bits per heavy atom. The molecule has 4 aromatic rings. The van der Waals surface area contributed by atoms with Gasteiger partial charge >= 0.3 is 0 Å². The molecule has 0 atom stereocenters. The summed E-state index contributed by atoms with van der Waals surface area (Å²) in [5.74, 6) is 0.812. The van der Waals surface area contributed by atoms with Crippen molar-refractivity contribution in [2.24, 2.45) is 5.73 Å². The number of aromatic nitrogens is 3. The number of hydrogen-bond acceptors (Lipinski definition) is 5. The van der Waals surface area contributed by atoms with Crippen LogP contribution in [0.15, 0.2) is 67.1 Å².